The number of hydrogen-bond acceptors (Lipinski definition) is 4. The van der Waals surface area contributed by atoms with Gasteiger partial charge in [-0.1, -0.05) is 20.8 Å². The second-order valence-electron chi connectivity index (χ2n) is 6.77. The molecule has 0 aliphatic carbocycles. The van der Waals surface area contributed by atoms with E-state index in [4.69, 9.17) is 0 Å². The van der Waals surface area contributed by atoms with Crippen molar-refractivity contribution in [3.8, 4) is 0 Å². The van der Waals surface area contributed by atoms with Gasteiger partial charge in [0.2, 0.25) is 21.8 Å². The molecule has 7 nitrogen and oxygen atoms in total. The lowest BCUT2D eigenvalue weighted by molar-refractivity contribution is -0.128. The van der Waals surface area contributed by atoms with Crippen molar-refractivity contribution in [3.05, 3.63) is 24.3 Å². The van der Waals surface area contributed by atoms with Crippen LogP contribution in [0.1, 0.15) is 27.2 Å². The highest BCUT2D eigenvalue weighted by Crippen LogP contribution is 2.17. The van der Waals surface area contributed by atoms with E-state index in [0.29, 0.717) is 0 Å². The second-order valence-corrected chi connectivity index (χ2v) is 8.54. The van der Waals surface area contributed by atoms with E-state index in [-0.39, 0.29) is 29.5 Å². The molecule has 0 saturated heterocycles. The van der Waals surface area contributed by atoms with Crippen LogP contribution in [0.4, 0.5) is 18.9 Å². The summed E-state index contributed by atoms with van der Waals surface area (Å²) in [6.07, 6.45) is -4.65. The quantitative estimate of drug-likeness (QED) is 0.641. The summed E-state index contributed by atoms with van der Waals surface area (Å²) in [7, 11) is -4.31. The summed E-state index contributed by atoms with van der Waals surface area (Å²) in [5.41, 5.74) is -0.297. The zero-order valence-electron chi connectivity index (χ0n) is 15.1. The van der Waals surface area contributed by atoms with Gasteiger partial charge in [-0.25, -0.2) is 13.1 Å². The monoisotopic (exact) mass is 409 g/mol. The first-order chi connectivity index (χ1) is 12.2. The zero-order valence-corrected chi connectivity index (χ0v) is 15.9. The lowest BCUT2D eigenvalue weighted by Gasteiger charge is -2.17. The van der Waals surface area contributed by atoms with Crippen LogP contribution in [0, 0.1) is 5.41 Å². The van der Waals surface area contributed by atoms with Crippen LogP contribution in [0.15, 0.2) is 29.2 Å². The van der Waals surface area contributed by atoms with Crippen LogP contribution >= 0.6 is 0 Å². The standard InChI is InChI=1S/C16H22F3N3O4S/c1-15(2,3)14(24)20-9-8-13(23)22-11-4-6-12(7-5-11)27(25,26)21-10-16(17,18)19/h4-7,21H,8-10H2,1-3H3,(H,20,24)(H,22,23). The third-order valence-corrected chi connectivity index (χ3v) is 4.65. The van der Waals surface area contributed by atoms with Gasteiger partial charge in [0.15, 0.2) is 0 Å². The molecule has 1 aromatic carbocycles. The number of benzene rings is 1. The molecule has 1 rings (SSSR count). The third-order valence-electron chi connectivity index (χ3n) is 3.23. The van der Waals surface area contributed by atoms with Crippen LogP contribution in [-0.2, 0) is 19.6 Å². The molecule has 152 valence electrons. The molecule has 0 unspecified atom stereocenters. The summed E-state index contributed by atoms with van der Waals surface area (Å²) >= 11 is 0. The summed E-state index contributed by atoms with van der Waals surface area (Å²) in [5.74, 6) is -0.605. The molecule has 27 heavy (non-hydrogen) atoms. The number of halogens is 3. The third kappa shape index (κ3) is 8.39. The minimum absolute atomic E-state index is 0.00894. The van der Waals surface area contributed by atoms with Crippen molar-refractivity contribution in [1.82, 2.24) is 10.0 Å². The molecule has 3 N–H and O–H groups in total. The summed E-state index contributed by atoms with van der Waals surface area (Å²) in [4.78, 5) is 23.1. The molecule has 0 aliphatic heterocycles. The van der Waals surface area contributed by atoms with Crippen molar-refractivity contribution in [3.63, 3.8) is 0 Å². The average Bonchev–Trinajstić information content (AvgIpc) is 2.52. The molecular weight excluding hydrogens is 387 g/mol. The van der Waals surface area contributed by atoms with E-state index in [0.717, 1.165) is 12.1 Å². The van der Waals surface area contributed by atoms with E-state index in [9.17, 15) is 31.2 Å². The normalized spacial score (nSPS) is 12.5. The fraction of sp³-hybridized carbons (Fsp3) is 0.500. The van der Waals surface area contributed by atoms with Gasteiger partial charge in [-0.05, 0) is 24.3 Å². The summed E-state index contributed by atoms with van der Waals surface area (Å²) in [6.45, 7) is 3.68. The van der Waals surface area contributed by atoms with Crippen molar-refractivity contribution in [2.45, 2.75) is 38.3 Å². The molecule has 0 atom stereocenters. The lowest BCUT2D eigenvalue weighted by Crippen LogP contribution is -2.36. The Labute approximate surface area is 155 Å². The van der Waals surface area contributed by atoms with Crippen molar-refractivity contribution in [2.24, 2.45) is 5.41 Å². The second kappa shape index (κ2) is 8.70. The van der Waals surface area contributed by atoms with E-state index in [1.807, 2.05) is 0 Å². The molecule has 0 bridgehead atoms. The van der Waals surface area contributed by atoms with Crippen molar-refractivity contribution < 1.29 is 31.2 Å². The molecule has 1 aromatic rings. The molecule has 0 radical (unpaired) electrons. The number of hydrogen-bond donors (Lipinski definition) is 3. The molecule has 0 aromatic heterocycles. The van der Waals surface area contributed by atoms with Crippen LogP contribution in [0.2, 0.25) is 0 Å². The maximum Gasteiger partial charge on any atom is 0.402 e. The van der Waals surface area contributed by atoms with Gasteiger partial charge < -0.3 is 10.6 Å². The van der Waals surface area contributed by atoms with Gasteiger partial charge in [-0.3, -0.25) is 9.59 Å². The molecule has 11 heteroatoms. The van der Waals surface area contributed by atoms with E-state index in [2.05, 4.69) is 10.6 Å². The summed E-state index contributed by atoms with van der Waals surface area (Å²) in [5, 5.41) is 5.12. The molecule has 0 heterocycles. The van der Waals surface area contributed by atoms with Gasteiger partial charge in [0.05, 0.1) is 4.90 Å². The van der Waals surface area contributed by atoms with Crippen molar-refractivity contribution in [1.29, 1.82) is 0 Å². The van der Waals surface area contributed by atoms with Crippen molar-refractivity contribution in [2.75, 3.05) is 18.4 Å². The lowest BCUT2D eigenvalue weighted by atomic mass is 9.96. The van der Waals surface area contributed by atoms with Gasteiger partial charge in [0.25, 0.3) is 0 Å². The highest BCUT2D eigenvalue weighted by Gasteiger charge is 2.30. The molecular formula is C16H22F3N3O4S. The van der Waals surface area contributed by atoms with Gasteiger partial charge in [-0.2, -0.15) is 13.2 Å². The van der Waals surface area contributed by atoms with Gasteiger partial charge in [0, 0.05) is 24.1 Å². The van der Waals surface area contributed by atoms with Crippen LogP contribution in [0.3, 0.4) is 0 Å². The fourth-order valence-corrected chi connectivity index (χ4v) is 2.77. The maximum absolute atomic E-state index is 12.1. The Morgan fingerprint density at radius 2 is 1.59 bits per heavy atom. The maximum atomic E-state index is 12.1. The van der Waals surface area contributed by atoms with Crippen LogP contribution in [0.25, 0.3) is 0 Å². The predicted molar refractivity (Wildman–Crippen MR) is 93.4 cm³/mol. The van der Waals surface area contributed by atoms with Crippen LogP contribution in [-0.4, -0.2) is 39.5 Å². The topological polar surface area (TPSA) is 104 Å². The molecule has 0 spiro atoms. The Morgan fingerprint density at radius 1 is 1.04 bits per heavy atom. The van der Waals surface area contributed by atoms with Crippen LogP contribution in [0.5, 0.6) is 0 Å². The number of nitrogens with one attached hydrogen (secondary N) is 3. The number of alkyl halides is 3. The van der Waals surface area contributed by atoms with Crippen molar-refractivity contribution >= 4 is 27.5 Å². The smallest absolute Gasteiger partial charge is 0.355 e. The number of carbonyl (C=O) groups is 2. The Balaban J connectivity index is 2.57. The summed E-state index contributed by atoms with van der Waals surface area (Å²) < 4.78 is 61.3. The zero-order chi connectivity index (χ0) is 20.9. The molecule has 0 aliphatic rings. The minimum Gasteiger partial charge on any atom is -0.355 e. The molecule has 2 amide bonds. The predicted octanol–water partition coefficient (Wildman–Crippen LogP) is 2.02. The van der Waals surface area contributed by atoms with Gasteiger partial charge >= 0.3 is 6.18 Å². The van der Waals surface area contributed by atoms with E-state index < -0.39 is 34.1 Å². The first kappa shape index (κ1) is 22.9. The van der Waals surface area contributed by atoms with E-state index in [1.54, 1.807) is 20.8 Å². The highest BCUT2D eigenvalue weighted by atomic mass is 32.2. The fourth-order valence-electron chi connectivity index (χ4n) is 1.76. The Kier molecular flexibility index (Phi) is 7.38. The van der Waals surface area contributed by atoms with E-state index >= 15 is 0 Å². The number of carbonyl (C=O) groups excluding carboxylic acids is 2. The highest BCUT2D eigenvalue weighted by molar-refractivity contribution is 7.89. The van der Waals surface area contributed by atoms with E-state index in [1.165, 1.54) is 16.9 Å². The Bertz CT molecular complexity index is 770. The molecule has 0 saturated carbocycles. The van der Waals surface area contributed by atoms with Crippen LogP contribution < -0.4 is 15.4 Å². The first-order valence-electron chi connectivity index (χ1n) is 7.95. The molecule has 0 fully saturated rings. The number of rotatable bonds is 7. The Morgan fingerprint density at radius 3 is 2.07 bits per heavy atom. The largest absolute Gasteiger partial charge is 0.402 e. The first-order valence-corrected chi connectivity index (χ1v) is 9.44. The number of anilines is 1. The van der Waals surface area contributed by atoms with Gasteiger partial charge in [-0.15, -0.1) is 0 Å². The number of sulfonamides is 1. The number of amides is 2. The average molecular weight is 409 g/mol. The Hall–Kier alpha value is -2.14. The van der Waals surface area contributed by atoms with Gasteiger partial charge in [0.1, 0.15) is 6.54 Å². The SMILES string of the molecule is CC(C)(C)C(=O)NCCC(=O)Nc1ccc(S(=O)(=O)NCC(F)(F)F)cc1. The summed E-state index contributed by atoms with van der Waals surface area (Å²) in [6, 6.07) is 4.67. The minimum atomic E-state index is -4.66.